The maximum absolute atomic E-state index is 11.8. The van der Waals surface area contributed by atoms with Crippen molar-refractivity contribution in [3.8, 4) is 11.5 Å². The number of rotatable bonds is 11. The molecule has 1 amide bonds. The standard InChI is InChI=1S/C22H35N3O4/c1-28-21-14-18(15-23-9-13-25-12-3-2-6-22(25)27)7-8-20(21)29-17-19(26)16-24-10-4-5-11-24/h7-8,14,19,23,26H,2-6,9-13,15-17H2,1H3. The van der Waals surface area contributed by atoms with Gasteiger partial charge in [-0.1, -0.05) is 6.07 Å². The molecule has 1 atom stereocenters. The second-order valence-corrected chi connectivity index (χ2v) is 7.97. The SMILES string of the molecule is COc1cc(CNCCN2CCCCC2=O)ccc1OCC(O)CN1CCCC1. The van der Waals surface area contributed by atoms with E-state index >= 15 is 0 Å². The van der Waals surface area contributed by atoms with Gasteiger partial charge in [0.2, 0.25) is 5.91 Å². The highest BCUT2D eigenvalue weighted by atomic mass is 16.5. The Bertz CT molecular complexity index is 649. The highest BCUT2D eigenvalue weighted by Crippen LogP contribution is 2.28. The Balaban J connectivity index is 1.41. The average molecular weight is 406 g/mol. The number of hydrogen-bond donors (Lipinski definition) is 2. The number of β-amino-alcohol motifs (C(OH)–C–C–N with tert-alkyl or cyclic N) is 1. The van der Waals surface area contributed by atoms with E-state index in [1.165, 1.54) is 12.8 Å². The van der Waals surface area contributed by atoms with Crippen molar-refractivity contribution in [1.29, 1.82) is 0 Å². The lowest BCUT2D eigenvalue weighted by molar-refractivity contribution is -0.133. The quantitative estimate of drug-likeness (QED) is 0.545. The van der Waals surface area contributed by atoms with Crippen LogP contribution in [0.5, 0.6) is 11.5 Å². The van der Waals surface area contributed by atoms with Crippen LogP contribution in [0.25, 0.3) is 0 Å². The van der Waals surface area contributed by atoms with Gasteiger partial charge in [-0.25, -0.2) is 0 Å². The number of aliphatic hydroxyl groups excluding tert-OH is 1. The van der Waals surface area contributed by atoms with Crippen molar-refractivity contribution in [2.24, 2.45) is 0 Å². The van der Waals surface area contributed by atoms with Gasteiger partial charge >= 0.3 is 0 Å². The van der Waals surface area contributed by atoms with Crippen molar-refractivity contribution in [2.45, 2.75) is 44.8 Å². The predicted octanol–water partition coefficient (Wildman–Crippen LogP) is 1.63. The molecule has 3 rings (SSSR count). The summed E-state index contributed by atoms with van der Waals surface area (Å²) in [5, 5.41) is 13.6. The number of benzene rings is 1. The number of carbonyl (C=O) groups is 1. The molecule has 2 N–H and O–H groups in total. The number of piperidine rings is 1. The van der Waals surface area contributed by atoms with Crippen molar-refractivity contribution in [3.05, 3.63) is 23.8 Å². The Morgan fingerprint density at radius 1 is 1.14 bits per heavy atom. The van der Waals surface area contributed by atoms with Gasteiger partial charge in [-0.3, -0.25) is 4.79 Å². The van der Waals surface area contributed by atoms with Gasteiger partial charge in [-0.2, -0.15) is 0 Å². The number of ether oxygens (including phenoxy) is 2. The lowest BCUT2D eigenvalue weighted by atomic mass is 10.1. The van der Waals surface area contributed by atoms with Crippen molar-refractivity contribution in [1.82, 2.24) is 15.1 Å². The summed E-state index contributed by atoms with van der Waals surface area (Å²) in [5.41, 5.74) is 1.09. The van der Waals surface area contributed by atoms with Crippen LogP contribution in [0.2, 0.25) is 0 Å². The predicted molar refractivity (Wildman–Crippen MR) is 112 cm³/mol. The molecule has 0 bridgehead atoms. The summed E-state index contributed by atoms with van der Waals surface area (Å²) in [5.74, 6) is 1.59. The van der Waals surface area contributed by atoms with Gasteiger partial charge in [-0.05, 0) is 56.5 Å². The monoisotopic (exact) mass is 405 g/mol. The lowest BCUT2D eigenvalue weighted by Gasteiger charge is -2.26. The van der Waals surface area contributed by atoms with Crippen LogP contribution in [0.4, 0.5) is 0 Å². The third-order valence-electron chi connectivity index (χ3n) is 5.64. The Morgan fingerprint density at radius 3 is 2.69 bits per heavy atom. The smallest absolute Gasteiger partial charge is 0.222 e. The lowest BCUT2D eigenvalue weighted by Crippen LogP contribution is -2.39. The molecule has 29 heavy (non-hydrogen) atoms. The van der Waals surface area contributed by atoms with E-state index in [-0.39, 0.29) is 12.5 Å². The molecule has 1 aromatic rings. The summed E-state index contributed by atoms with van der Waals surface area (Å²) in [4.78, 5) is 16.1. The van der Waals surface area contributed by atoms with Crippen molar-refractivity contribution < 1.29 is 19.4 Å². The molecule has 0 aromatic heterocycles. The fourth-order valence-corrected chi connectivity index (χ4v) is 3.99. The molecule has 2 heterocycles. The number of likely N-dealkylation sites (tertiary alicyclic amines) is 2. The first-order valence-corrected chi connectivity index (χ1v) is 10.8. The maximum atomic E-state index is 11.8. The van der Waals surface area contributed by atoms with Gasteiger partial charge < -0.3 is 29.7 Å². The van der Waals surface area contributed by atoms with Crippen LogP contribution in [-0.4, -0.2) is 79.9 Å². The third kappa shape index (κ3) is 6.87. The summed E-state index contributed by atoms with van der Waals surface area (Å²) in [6.45, 7) is 6.15. The topological polar surface area (TPSA) is 74.3 Å². The number of amides is 1. The molecule has 0 saturated carbocycles. The van der Waals surface area contributed by atoms with Crippen LogP contribution in [0.15, 0.2) is 18.2 Å². The van der Waals surface area contributed by atoms with E-state index in [4.69, 9.17) is 9.47 Å². The second-order valence-electron chi connectivity index (χ2n) is 7.97. The number of aliphatic hydroxyl groups is 1. The zero-order valence-corrected chi connectivity index (χ0v) is 17.6. The van der Waals surface area contributed by atoms with Crippen molar-refractivity contribution >= 4 is 5.91 Å². The summed E-state index contributed by atoms with van der Waals surface area (Å²) in [6.07, 6.45) is 4.74. The number of nitrogens with zero attached hydrogens (tertiary/aromatic N) is 2. The summed E-state index contributed by atoms with van der Waals surface area (Å²) in [6, 6.07) is 5.86. The first-order chi connectivity index (χ1) is 14.2. The van der Waals surface area contributed by atoms with E-state index < -0.39 is 6.10 Å². The Morgan fingerprint density at radius 2 is 1.93 bits per heavy atom. The Labute approximate surface area is 174 Å². The minimum atomic E-state index is -0.503. The summed E-state index contributed by atoms with van der Waals surface area (Å²) in [7, 11) is 1.63. The zero-order chi connectivity index (χ0) is 20.5. The fourth-order valence-electron chi connectivity index (χ4n) is 3.99. The van der Waals surface area contributed by atoms with Crippen molar-refractivity contribution in [2.75, 3.05) is 53.0 Å². The maximum Gasteiger partial charge on any atom is 0.222 e. The molecule has 2 aliphatic heterocycles. The molecule has 0 aliphatic carbocycles. The highest BCUT2D eigenvalue weighted by molar-refractivity contribution is 5.76. The highest BCUT2D eigenvalue weighted by Gasteiger charge is 2.18. The molecule has 2 fully saturated rings. The molecule has 1 aromatic carbocycles. The Kier molecular flexibility index (Phi) is 8.58. The van der Waals surface area contributed by atoms with Gasteiger partial charge in [0.05, 0.1) is 7.11 Å². The van der Waals surface area contributed by atoms with Crippen LogP contribution in [0.1, 0.15) is 37.7 Å². The first kappa shape index (κ1) is 21.9. The largest absolute Gasteiger partial charge is 0.493 e. The molecule has 2 saturated heterocycles. The van der Waals surface area contributed by atoms with E-state index in [2.05, 4.69) is 10.2 Å². The minimum Gasteiger partial charge on any atom is -0.493 e. The van der Waals surface area contributed by atoms with Crippen LogP contribution < -0.4 is 14.8 Å². The second kappa shape index (κ2) is 11.4. The van der Waals surface area contributed by atoms with E-state index in [0.717, 1.165) is 51.1 Å². The minimum absolute atomic E-state index is 0.258. The van der Waals surface area contributed by atoms with Gasteiger partial charge in [0.15, 0.2) is 11.5 Å². The number of nitrogens with one attached hydrogen (secondary N) is 1. The zero-order valence-electron chi connectivity index (χ0n) is 17.6. The summed E-state index contributed by atoms with van der Waals surface area (Å²) < 4.78 is 11.3. The summed E-state index contributed by atoms with van der Waals surface area (Å²) >= 11 is 0. The number of hydrogen-bond acceptors (Lipinski definition) is 6. The first-order valence-electron chi connectivity index (χ1n) is 10.8. The molecule has 2 aliphatic rings. The molecule has 0 spiro atoms. The van der Waals surface area contributed by atoms with Gasteiger partial charge in [0.25, 0.3) is 0 Å². The molecule has 7 nitrogen and oxygen atoms in total. The molecule has 162 valence electrons. The Hall–Kier alpha value is -1.83. The van der Waals surface area contributed by atoms with Gasteiger partial charge in [0.1, 0.15) is 12.7 Å². The average Bonchev–Trinajstić information content (AvgIpc) is 3.24. The molecular formula is C22H35N3O4. The van der Waals surface area contributed by atoms with Crippen LogP contribution in [-0.2, 0) is 11.3 Å². The van der Waals surface area contributed by atoms with E-state index in [1.807, 2.05) is 23.1 Å². The van der Waals surface area contributed by atoms with E-state index in [0.29, 0.717) is 31.0 Å². The van der Waals surface area contributed by atoms with Crippen LogP contribution in [0, 0.1) is 0 Å². The van der Waals surface area contributed by atoms with E-state index in [9.17, 15) is 9.90 Å². The van der Waals surface area contributed by atoms with Crippen LogP contribution in [0.3, 0.4) is 0 Å². The fraction of sp³-hybridized carbons (Fsp3) is 0.682. The normalized spacial score (nSPS) is 18.8. The van der Waals surface area contributed by atoms with Crippen molar-refractivity contribution in [3.63, 3.8) is 0 Å². The molecule has 7 heteroatoms. The van der Waals surface area contributed by atoms with E-state index in [1.54, 1.807) is 7.11 Å². The van der Waals surface area contributed by atoms with Gasteiger partial charge in [-0.15, -0.1) is 0 Å². The number of methoxy groups -OCH3 is 1. The third-order valence-corrected chi connectivity index (χ3v) is 5.64. The number of carbonyl (C=O) groups excluding carboxylic acids is 1. The molecule has 1 unspecified atom stereocenters. The molecule has 0 radical (unpaired) electrons. The molecular weight excluding hydrogens is 370 g/mol. The van der Waals surface area contributed by atoms with Gasteiger partial charge in [0, 0.05) is 39.1 Å². The van der Waals surface area contributed by atoms with Crippen LogP contribution >= 0.6 is 0 Å².